The first-order valence-corrected chi connectivity index (χ1v) is 7.47. The second kappa shape index (κ2) is 5.88. The molecule has 1 heterocycles. The summed E-state index contributed by atoms with van der Waals surface area (Å²) in [6.45, 7) is 0. The fourth-order valence-electron chi connectivity index (χ4n) is 2.01. The first kappa shape index (κ1) is 14.1. The maximum Gasteiger partial charge on any atom is 0.200 e. The molecule has 0 aliphatic carbocycles. The summed E-state index contributed by atoms with van der Waals surface area (Å²) in [6.07, 6.45) is 0. The van der Waals surface area contributed by atoms with E-state index in [-0.39, 0.29) is 5.43 Å². The molecule has 2 nitrogen and oxygen atoms in total. The molecule has 4 heteroatoms. The van der Waals surface area contributed by atoms with E-state index in [9.17, 15) is 4.79 Å². The fraction of sp³-hybridized carbons (Fsp3) is 0. The molecule has 0 amide bonds. The van der Waals surface area contributed by atoms with Crippen molar-refractivity contribution in [3.05, 3.63) is 80.4 Å². The molecular weight excluding hydrogens is 352 g/mol. The number of halogens is 2. The highest BCUT2D eigenvalue weighted by Crippen LogP contribution is 2.30. The molecule has 0 unspecified atom stereocenters. The average molecular weight is 362 g/mol. The molecule has 0 bridgehead atoms. The molecule has 3 rings (SSSR count). The number of benzene rings is 2. The third-order valence-corrected chi connectivity index (χ3v) is 4.06. The summed E-state index contributed by atoms with van der Waals surface area (Å²) in [6, 6.07) is 18.2. The van der Waals surface area contributed by atoms with Crippen LogP contribution in [0.15, 0.2) is 74.3 Å². The van der Waals surface area contributed by atoms with Crippen molar-refractivity contribution >= 4 is 27.5 Å². The smallest absolute Gasteiger partial charge is 0.200 e. The summed E-state index contributed by atoms with van der Waals surface area (Å²) in [5, 5.41) is 0.636. The van der Waals surface area contributed by atoms with Crippen LogP contribution < -0.4 is 5.43 Å². The molecule has 1 aromatic heterocycles. The Balaban J connectivity index is 2.19. The normalized spacial score (nSPS) is 10.6. The predicted octanol–water partition coefficient (Wildman–Crippen LogP) is 5.39. The SMILES string of the molecule is O=c1cc(-c2ccccc2)oc(-c2ccc(Cl)cc2)c1Br. The summed E-state index contributed by atoms with van der Waals surface area (Å²) in [5.41, 5.74) is 1.53. The van der Waals surface area contributed by atoms with Gasteiger partial charge in [0.25, 0.3) is 0 Å². The second-order valence-electron chi connectivity index (χ2n) is 4.49. The van der Waals surface area contributed by atoms with Gasteiger partial charge in [-0.05, 0) is 40.2 Å². The Bertz CT molecular complexity index is 824. The largest absolute Gasteiger partial charge is 0.455 e. The van der Waals surface area contributed by atoms with Crippen LogP contribution in [0.3, 0.4) is 0 Å². The van der Waals surface area contributed by atoms with Gasteiger partial charge in [-0.25, -0.2) is 0 Å². The first-order valence-electron chi connectivity index (χ1n) is 6.30. The molecule has 0 saturated carbocycles. The Kier molecular flexibility index (Phi) is 3.95. The Morgan fingerprint density at radius 2 is 1.57 bits per heavy atom. The van der Waals surface area contributed by atoms with Gasteiger partial charge in [0.15, 0.2) is 11.2 Å². The van der Waals surface area contributed by atoms with Crippen molar-refractivity contribution in [2.24, 2.45) is 0 Å². The average Bonchev–Trinajstić information content (AvgIpc) is 2.52. The Hall–Kier alpha value is -1.84. The van der Waals surface area contributed by atoms with Gasteiger partial charge in [0.2, 0.25) is 0 Å². The number of rotatable bonds is 2. The molecule has 21 heavy (non-hydrogen) atoms. The van der Waals surface area contributed by atoms with Crippen molar-refractivity contribution in [3.8, 4) is 22.6 Å². The summed E-state index contributed by atoms with van der Waals surface area (Å²) in [7, 11) is 0. The lowest BCUT2D eigenvalue weighted by Crippen LogP contribution is -2.02. The van der Waals surface area contributed by atoms with Crippen LogP contribution in [0.4, 0.5) is 0 Å². The maximum absolute atomic E-state index is 12.1. The minimum atomic E-state index is -0.120. The van der Waals surface area contributed by atoms with Gasteiger partial charge in [-0.3, -0.25) is 4.79 Å². The zero-order valence-electron chi connectivity index (χ0n) is 10.8. The molecule has 0 radical (unpaired) electrons. The summed E-state index contributed by atoms with van der Waals surface area (Å²) >= 11 is 9.20. The van der Waals surface area contributed by atoms with Crippen molar-refractivity contribution in [1.82, 2.24) is 0 Å². The van der Waals surface area contributed by atoms with Gasteiger partial charge in [0.05, 0.1) is 0 Å². The Labute approximate surface area is 135 Å². The van der Waals surface area contributed by atoms with Crippen LogP contribution in [-0.2, 0) is 0 Å². The molecule has 3 aromatic rings. The van der Waals surface area contributed by atoms with Crippen LogP contribution in [0, 0.1) is 0 Å². The van der Waals surface area contributed by atoms with E-state index in [4.69, 9.17) is 16.0 Å². The summed E-state index contributed by atoms with van der Waals surface area (Å²) in [4.78, 5) is 12.1. The van der Waals surface area contributed by atoms with E-state index in [1.807, 2.05) is 42.5 Å². The van der Waals surface area contributed by atoms with E-state index in [0.717, 1.165) is 11.1 Å². The van der Waals surface area contributed by atoms with Gasteiger partial charge < -0.3 is 4.42 Å². The fourth-order valence-corrected chi connectivity index (χ4v) is 2.56. The predicted molar refractivity (Wildman–Crippen MR) is 88.6 cm³/mol. The van der Waals surface area contributed by atoms with Gasteiger partial charge in [-0.2, -0.15) is 0 Å². The highest BCUT2D eigenvalue weighted by Gasteiger charge is 2.13. The van der Waals surface area contributed by atoms with Gasteiger partial charge >= 0.3 is 0 Å². The lowest BCUT2D eigenvalue weighted by Gasteiger charge is -2.07. The van der Waals surface area contributed by atoms with Gasteiger partial charge in [0, 0.05) is 22.2 Å². The zero-order chi connectivity index (χ0) is 14.8. The van der Waals surface area contributed by atoms with Crippen molar-refractivity contribution in [3.63, 3.8) is 0 Å². The van der Waals surface area contributed by atoms with E-state index in [0.29, 0.717) is 21.0 Å². The molecule has 2 aromatic carbocycles. The lowest BCUT2D eigenvalue weighted by atomic mass is 10.1. The number of hydrogen-bond acceptors (Lipinski definition) is 2. The molecule has 0 N–H and O–H groups in total. The number of hydrogen-bond donors (Lipinski definition) is 0. The quantitative estimate of drug-likeness (QED) is 0.612. The molecule has 0 aliphatic heterocycles. The first-order chi connectivity index (χ1) is 10.1. The van der Waals surface area contributed by atoms with Crippen molar-refractivity contribution in [2.45, 2.75) is 0 Å². The van der Waals surface area contributed by atoms with Crippen LogP contribution >= 0.6 is 27.5 Å². The Morgan fingerprint density at radius 3 is 2.24 bits per heavy atom. The van der Waals surface area contributed by atoms with Crippen molar-refractivity contribution in [1.29, 1.82) is 0 Å². The van der Waals surface area contributed by atoms with Crippen LogP contribution in [0.5, 0.6) is 0 Å². The monoisotopic (exact) mass is 360 g/mol. The van der Waals surface area contributed by atoms with E-state index in [2.05, 4.69) is 15.9 Å². The summed E-state index contributed by atoms with van der Waals surface area (Å²) in [5.74, 6) is 1.03. The lowest BCUT2D eigenvalue weighted by molar-refractivity contribution is 0.577. The van der Waals surface area contributed by atoms with Crippen LogP contribution in [-0.4, -0.2) is 0 Å². The minimum absolute atomic E-state index is 0.120. The highest BCUT2D eigenvalue weighted by atomic mass is 79.9. The van der Waals surface area contributed by atoms with E-state index in [1.165, 1.54) is 6.07 Å². The minimum Gasteiger partial charge on any atom is -0.455 e. The zero-order valence-corrected chi connectivity index (χ0v) is 13.2. The second-order valence-corrected chi connectivity index (χ2v) is 5.72. The van der Waals surface area contributed by atoms with E-state index >= 15 is 0 Å². The third-order valence-electron chi connectivity index (χ3n) is 3.05. The highest BCUT2D eigenvalue weighted by molar-refractivity contribution is 9.10. The molecule has 0 spiro atoms. The molecule has 0 atom stereocenters. The van der Waals surface area contributed by atoms with Gasteiger partial charge in [0.1, 0.15) is 10.2 Å². The maximum atomic E-state index is 12.1. The van der Waals surface area contributed by atoms with Crippen molar-refractivity contribution < 1.29 is 4.42 Å². The standard InChI is InChI=1S/C17H10BrClO2/c18-16-14(20)10-15(11-4-2-1-3-5-11)21-17(16)12-6-8-13(19)9-7-12/h1-10H. The molecule has 0 fully saturated rings. The molecule has 0 aliphatic rings. The molecular formula is C17H10BrClO2. The Morgan fingerprint density at radius 1 is 0.905 bits per heavy atom. The van der Waals surface area contributed by atoms with E-state index in [1.54, 1.807) is 12.1 Å². The molecule has 104 valence electrons. The third kappa shape index (κ3) is 2.94. The van der Waals surface area contributed by atoms with Crippen LogP contribution in [0.25, 0.3) is 22.6 Å². The van der Waals surface area contributed by atoms with Crippen molar-refractivity contribution in [2.75, 3.05) is 0 Å². The van der Waals surface area contributed by atoms with Crippen LogP contribution in [0.2, 0.25) is 5.02 Å². The van der Waals surface area contributed by atoms with Gasteiger partial charge in [-0.15, -0.1) is 0 Å². The van der Waals surface area contributed by atoms with Crippen LogP contribution in [0.1, 0.15) is 0 Å². The molecule has 0 saturated heterocycles. The van der Waals surface area contributed by atoms with E-state index < -0.39 is 0 Å². The van der Waals surface area contributed by atoms with Gasteiger partial charge in [-0.1, -0.05) is 41.9 Å². The topological polar surface area (TPSA) is 30.2 Å². The summed E-state index contributed by atoms with van der Waals surface area (Å²) < 4.78 is 6.32.